The van der Waals surface area contributed by atoms with Crippen molar-refractivity contribution in [1.82, 2.24) is 4.90 Å². The third-order valence-corrected chi connectivity index (χ3v) is 5.66. The van der Waals surface area contributed by atoms with Gasteiger partial charge in [-0.05, 0) is 32.4 Å². The molecule has 0 aromatic heterocycles. The van der Waals surface area contributed by atoms with Crippen LogP contribution in [-0.4, -0.2) is 41.0 Å². The van der Waals surface area contributed by atoms with Crippen molar-refractivity contribution in [3.63, 3.8) is 0 Å². The maximum Gasteiger partial charge on any atom is 0.415 e. The third kappa shape index (κ3) is 4.39. The molecule has 2 aromatic rings. The maximum atomic E-state index is 12.9. The van der Waals surface area contributed by atoms with Crippen LogP contribution in [0.5, 0.6) is 11.5 Å². The molecule has 32 heavy (non-hydrogen) atoms. The molecule has 3 N–H and O–H groups in total. The van der Waals surface area contributed by atoms with E-state index in [2.05, 4.69) is 10.6 Å². The number of anilines is 2. The highest BCUT2D eigenvalue weighted by Gasteiger charge is 2.38. The average molecular weight is 440 g/mol. The van der Waals surface area contributed by atoms with Gasteiger partial charge in [0.1, 0.15) is 5.75 Å². The summed E-state index contributed by atoms with van der Waals surface area (Å²) in [4.78, 5) is 39.3. The van der Waals surface area contributed by atoms with Crippen LogP contribution in [0.2, 0.25) is 0 Å². The average Bonchev–Trinajstić information content (AvgIpc) is 2.71. The lowest BCUT2D eigenvalue weighted by Crippen LogP contribution is -2.35. The summed E-state index contributed by atoms with van der Waals surface area (Å²) < 4.78 is 5.61. The van der Waals surface area contributed by atoms with Crippen LogP contribution in [0.1, 0.15) is 55.6 Å². The van der Waals surface area contributed by atoms with Crippen LogP contribution in [-0.2, 0) is 10.2 Å². The highest BCUT2D eigenvalue weighted by molar-refractivity contribution is 6.07. The van der Waals surface area contributed by atoms with E-state index in [4.69, 9.17) is 4.74 Å². The Labute approximate surface area is 187 Å². The summed E-state index contributed by atoms with van der Waals surface area (Å²) in [6.45, 7) is 10.00. The minimum atomic E-state index is -0.749. The zero-order chi connectivity index (χ0) is 23.6. The zero-order valence-electron chi connectivity index (χ0n) is 19.0. The predicted octanol–water partition coefficient (Wildman–Crippen LogP) is 4.41. The van der Waals surface area contributed by atoms with Gasteiger partial charge in [-0.2, -0.15) is 0 Å². The van der Waals surface area contributed by atoms with E-state index >= 15 is 0 Å². The number of amides is 3. The second kappa shape index (κ2) is 8.90. The van der Waals surface area contributed by atoms with Gasteiger partial charge in [0.2, 0.25) is 5.91 Å². The summed E-state index contributed by atoms with van der Waals surface area (Å²) in [5, 5.41) is 16.5. The molecule has 1 heterocycles. The number of fused-ring (bicyclic) bond motifs is 1. The Morgan fingerprint density at radius 2 is 1.88 bits per heavy atom. The number of nitrogens with one attached hydrogen (secondary N) is 2. The van der Waals surface area contributed by atoms with Gasteiger partial charge in [-0.15, -0.1) is 0 Å². The molecule has 0 radical (unpaired) electrons. The van der Waals surface area contributed by atoms with Crippen molar-refractivity contribution in [2.24, 2.45) is 0 Å². The van der Waals surface area contributed by atoms with Crippen LogP contribution in [0.4, 0.5) is 16.2 Å². The summed E-state index contributed by atoms with van der Waals surface area (Å²) in [6.07, 6.45) is -0.455. The Hall–Kier alpha value is -3.55. The molecule has 0 aliphatic carbocycles. The van der Waals surface area contributed by atoms with Gasteiger partial charge < -0.3 is 25.4 Å². The number of phenolic OH excluding ortho intramolecular Hbond substituents is 1. The van der Waals surface area contributed by atoms with E-state index < -0.39 is 17.4 Å². The first kappa shape index (κ1) is 23.1. The first-order valence-corrected chi connectivity index (χ1v) is 10.6. The van der Waals surface area contributed by atoms with Crippen LogP contribution in [0.25, 0.3) is 0 Å². The van der Waals surface area contributed by atoms with E-state index in [-0.39, 0.29) is 35.2 Å². The van der Waals surface area contributed by atoms with Gasteiger partial charge in [-0.1, -0.05) is 32.0 Å². The molecule has 0 saturated heterocycles. The van der Waals surface area contributed by atoms with Crippen molar-refractivity contribution < 1.29 is 24.2 Å². The van der Waals surface area contributed by atoms with E-state index in [0.717, 1.165) is 5.56 Å². The van der Waals surface area contributed by atoms with E-state index in [1.807, 2.05) is 46.8 Å². The van der Waals surface area contributed by atoms with Crippen LogP contribution in [0.3, 0.4) is 0 Å². The fraction of sp³-hybridized carbons (Fsp3) is 0.375. The number of rotatable bonds is 5. The molecule has 1 aliphatic heterocycles. The summed E-state index contributed by atoms with van der Waals surface area (Å²) in [5.41, 5.74) is 1.23. The number of nitrogens with zero attached hydrogens (tertiary/aromatic N) is 1. The Morgan fingerprint density at radius 1 is 1.22 bits per heavy atom. The lowest BCUT2D eigenvalue weighted by Gasteiger charge is -2.34. The molecule has 3 rings (SSSR count). The number of carbonyl (C=O) groups excluding carboxylic acids is 3. The van der Waals surface area contributed by atoms with Gasteiger partial charge in [0, 0.05) is 42.1 Å². The molecule has 2 aromatic carbocycles. The van der Waals surface area contributed by atoms with Gasteiger partial charge in [0.05, 0.1) is 11.4 Å². The summed E-state index contributed by atoms with van der Waals surface area (Å²) in [5.74, 6) is -0.763. The fourth-order valence-corrected chi connectivity index (χ4v) is 3.94. The molecule has 0 unspecified atom stereocenters. The number of ether oxygens (including phenoxy) is 1. The van der Waals surface area contributed by atoms with Crippen molar-refractivity contribution in [3.05, 3.63) is 47.0 Å². The Morgan fingerprint density at radius 3 is 2.50 bits per heavy atom. The normalized spacial score (nSPS) is 14.2. The third-order valence-electron chi connectivity index (χ3n) is 5.66. The molecule has 170 valence electrons. The van der Waals surface area contributed by atoms with Gasteiger partial charge in [0.25, 0.3) is 5.91 Å². The second-order valence-corrected chi connectivity index (χ2v) is 8.44. The molecule has 0 atom stereocenters. The molecule has 0 fully saturated rings. The first-order chi connectivity index (χ1) is 15.1. The van der Waals surface area contributed by atoms with Gasteiger partial charge in [0.15, 0.2) is 5.75 Å². The van der Waals surface area contributed by atoms with E-state index in [0.29, 0.717) is 24.2 Å². The largest absolute Gasteiger partial charge is 0.505 e. The summed E-state index contributed by atoms with van der Waals surface area (Å²) in [7, 11) is 0. The van der Waals surface area contributed by atoms with E-state index in [1.54, 1.807) is 12.1 Å². The Kier molecular flexibility index (Phi) is 6.43. The standard InChI is InChI=1S/C24H29N3O5/c1-6-27(7-2)23(31)32-17-12-16(25-22(30)15-11-9-8-10-14(15)3)21(29)19-20(17)26-18(28)13-24(19,4)5/h8-12,29H,6-7,13H2,1-5H3,(H,25,30)(H,26,28). The summed E-state index contributed by atoms with van der Waals surface area (Å²) >= 11 is 0. The monoisotopic (exact) mass is 439 g/mol. The molecule has 0 bridgehead atoms. The number of aryl methyl sites for hydroxylation is 1. The molecule has 0 spiro atoms. The maximum absolute atomic E-state index is 12.9. The van der Waals surface area contributed by atoms with Crippen molar-refractivity contribution in [2.75, 3.05) is 23.7 Å². The van der Waals surface area contributed by atoms with Crippen molar-refractivity contribution in [3.8, 4) is 11.5 Å². The highest BCUT2D eigenvalue weighted by atomic mass is 16.6. The van der Waals surface area contributed by atoms with Crippen LogP contribution >= 0.6 is 0 Å². The SMILES string of the molecule is CCN(CC)C(=O)Oc1cc(NC(=O)c2ccccc2C)c(O)c2c1NC(=O)CC2(C)C. The zero-order valence-corrected chi connectivity index (χ0v) is 19.0. The lowest BCUT2D eigenvalue weighted by molar-refractivity contribution is -0.117. The van der Waals surface area contributed by atoms with E-state index in [9.17, 15) is 19.5 Å². The van der Waals surface area contributed by atoms with E-state index in [1.165, 1.54) is 11.0 Å². The minimum Gasteiger partial charge on any atom is -0.505 e. The topological polar surface area (TPSA) is 108 Å². The Bertz CT molecular complexity index is 1070. The minimum absolute atomic E-state index is 0.0657. The van der Waals surface area contributed by atoms with Gasteiger partial charge in [-0.25, -0.2) is 4.79 Å². The van der Waals surface area contributed by atoms with Crippen LogP contribution < -0.4 is 15.4 Å². The molecule has 3 amide bonds. The molecule has 0 saturated carbocycles. The summed E-state index contributed by atoms with van der Waals surface area (Å²) in [6, 6.07) is 8.46. The van der Waals surface area contributed by atoms with Crippen LogP contribution in [0.15, 0.2) is 30.3 Å². The number of carbonyl (C=O) groups is 3. The Balaban J connectivity index is 2.10. The highest BCUT2D eigenvalue weighted by Crippen LogP contribution is 2.50. The molecule has 8 heteroatoms. The first-order valence-electron chi connectivity index (χ1n) is 10.6. The fourth-order valence-electron chi connectivity index (χ4n) is 3.94. The van der Waals surface area contributed by atoms with Gasteiger partial charge in [-0.3, -0.25) is 9.59 Å². The molecule has 8 nitrogen and oxygen atoms in total. The smallest absolute Gasteiger partial charge is 0.415 e. The van der Waals surface area contributed by atoms with Crippen molar-refractivity contribution in [2.45, 2.75) is 46.5 Å². The number of phenols is 1. The molecule has 1 aliphatic rings. The second-order valence-electron chi connectivity index (χ2n) is 8.44. The van der Waals surface area contributed by atoms with Crippen LogP contribution in [0, 0.1) is 6.92 Å². The predicted molar refractivity (Wildman–Crippen MR) is 122 cm³/mol. The number of hydrogen-bond acceptors (Lipinski definition) is 5. The van der Waals surface area contributed by atoms with Gasteiger partial charge >= 0.3 is 6.09 Å². The van der Waals surface area contributed by atoms with Crippen molar-refractivity contribution in [1.29, 1.82) is 0 Å². The lowest BCUT2D eigenvalue weighted by atomic mass is 9.77. The number of benzene rings is 2. The quantitative estimate of drug-likeness (QED) is 0.598. The number of hydrogen-bond donors (Lipinski definition) is 3. The number of aromatic hydroxyl groups is 1. The molecular weight excluding hydrogens is 410 g/mol. The molecular formula is C24H29N3O5. The van der Waals surface area contributed by atoms with Crippen molar-refractivity contribution >= 4 is 29.3 Å².